The molecule has 1 heterocycles. The SMILES string of the molecule is Cc1ncsc1CCOc1ccc(NC(=O)c2ccc(Cl)cc2Cl)c(C(=O)[O-])c1. The Morgan fingerprint density at radius 2 is 1.97 bits per heavy atom. The Labute approximate surface area is 181 Å². The molecule has 6 nitrogen and oxygen atoms in total. The molecule has 0 aliphatic heterocycles. The number of aromatic nitrogens is 1. The van der Waals surface area contributed by atoms with Crippen molar-refractivity contribution in [3.05, 3.63) is 73.7 Å². The maximum Gasteiger partial charge on any atom is 0.257 e. The molecule has 2 aromatic carbocycles. The molecule has 0 unspecified atom stereocenters. The number of carboxylic acid groups (broad SMARTS) is 1. The van der Waals surface area contributed by atoms with Gasteiger partial charge in [-0.3, -0.25) is 4.79 Å². The van der Waals surface area contributed by atoms with E-state index in [0.29, 0.717) is 23.8 Å². The topological polar surface area (TPSA) is 91.3 Å². The van der Waals surface area contributed by atoms with E-state index in [2.05, 4.69) is 10.3 Å². The van der Waals surface area contributed by atoms with Gasteiger partial charge in [0.05, 0.1) is 40.1 Å². The molecule has 1 amide bonds. The van der Waals surface area contributed by atoms with Gasteiger partial charge < -0.3 is 20.0 Å². The zero-order chi connectivity index (χ0) is 21.0. The molecule has 1 aromatic heterocycles. The van der Waals surface area contributed by atoms with Crippen molar-refractivity contribution in [1.82, 2.24) is 4.98 Å². The summed E-state index contributed by atoms with van der Waals surface area (Å²) in [6.45, 7) is 2.28. The van der Waals surface area contributed by atoms with Gasteiger partial charge in [-0.05, 0) is 43.3 Å². The van der Waals surface area contributed by atoms with Crippen molar-refractivity contribution >= 4 is 52.1 Å². The van der Waals surface area contributed by atoms with Crippen molar-refractivity contribution < 1.29 is 19.4 Å². The summed E-state index contributed by atoms with van der Waals surface area (Å²) in [7, 11) is 0. The van der Waals surface area contributed by atoms with Gasteiger partial charge in [-0.2, -0.15) is 0 Å². The highest BCUT2D eigenvalue weighted by atomic mass is 35.5. The number of nitrogens with one attached hydrogen (secondary N) is 1. The van der Waals surface area contributed by atoms with Crippen LogP contribution in [0.15, 0.2) is 41.9 Å². The highest BCUT2D eigenvalue weighted by molar-refractivity contribution is 7.09. The summed E-state index contributed by atoms with van der Waals surface area (Å²) in [5.74, 6) is -1.65. The van der Waals surface area contributed by atoms with Gasteiger partial charge in [0.2, 0.25) is 0 Å². The first kappa shape index (κ1) is 21.1. The molecule has 1 N–H and O–H groups in total. The predicted octanol–water partition coefficient (Wildman–Crippen LogP) is 4.00. The number of rotatable bonds is 7. The van der Waals surface area contributed by atoms with E-state index in [1.165, 1.54) is 30.3 Å². The molecule has 0 atom stereocenters. The molecule has 3 aromatic rings. The van der Waals surface area contributed by atoms with E-state index < -0.39 is 11.9 Å². The minimum Gasteiger partial charge on any atom is -0.545 e. The van der Waals surface area contributed by atoms with Crippen molar-refractivity contribution in [3.63, 3.8) is 0 Å². The Balaban J connectivity index is 1.73. The molecule has 0 saturated carbocycles. The van der Waals surface area contributed by atoms with Crippen LogP contribution in [0.4, 0.5) is 5.69 Å². The highest BCUT2D eigenvalue weighted by Gasteiger charge is 2.14. The number of ether oxygens (including phenoxy) is 1. The minimum atomic E-state index is -1.44. The summed E-state index contributed by atoms with van der Waals surface area (Å²) >= 11 is 13.4. The number of hydrogen-bond acceptors (Lipinski definition) is 6. The van der Waals surface area contributed by atoms with Crippen molar-refractivity contribution in [2.75, 3.05) is 11.9 Å². The number of carboxylic acids is 1. The maximum atomic E-state index is 12.5. The summed E-state index contributed by atoms with van der Waals surface area (Å²) in [5.41, 5.74) is 2.76. The zero-order valence-electron chi connectivity index (χ0n) is 15.2. The molecule has 0 aliphatic carbocycles. The Kier molecular flexibility index (Phi) is 6.74. The normalized spacial score (nSPS) is 10.6. The standard InChI is InChI=1S/C20H16Cl2N2O4S/c1-11-18(29-10-23-11)6-7-28-13-3-5-17(15(9-13)20(26)27)24-19(25)14-4-2-12(21)8-16(14)22/h2-5,8-10H,6-7H2,1H3,(H,24,25)(H,26,27)/p-1. The summed E-state index contributed by atoms with van der Waals surface area (Å²) < 4.78 is 5.64. The van der Waals surface area contributed by atoms with Gasteiger partial charge in [-0.25, -0.2) is 4.98 Å². The van der Waals surface area contributed by atoms with Crippen LogP contribution in [0.25, 0.3) is 0 Å². The van der Waals surface area contributed by atoms with Crippen LogP contribution >= 0.6 is 34.5 Å². The van der Waals surface area contributed by atoms with E-state index in [9.17, 15) is 14.7 Å². The van der Waals surface area contributed by atoms with Gasteiger partial charge in [-0.15, -0.1) is 11.3 Å². The summed E-state index contributed by atoms with van der Waals surface area (Å²) in [6, 6.07) is 8.74. The minimum absolute atomic E-state index is 0.0756. The van der Waals surface area contributed by atoms with E-state index in [0.717, 1.165) is 10.6 Å². The monoisotopic (exact) mass is 449 g/mol. The number of hydrogen-bond donors (Lipinski definition) is 1. The summed E-state index contributed by atoms with van der Waals surface area (Å²) in [6.07, 6.45) is 0.657. The average molecular weight is 450 g/mol. The van der Waals surface area contributed by atoms with E-state index in [4.69, 9.17) is 27.9 Å². The number of anilines is 1. The first-order valence-electron chi connectivity index (χ1n) is 8.48. The van der Waals surface area contributed by atoms with Crippen LogP contribution in [-0.2, 0) is 6.42 Å². The number of nitrogens with zero attached hydrogens (tertiary/aromatic N) is 1. The first-order valence-corrected chi connectivity index (χ1v) is 10.1. The molecule has 29 heavy (non-hydrogen) atoms. The van der Waals surface area contributed by atoms with Crippen LogP contribution in [0.5, 0.6) is 5.75 Å². The fourth-order valence-electron chi connectivity index (χ4n) is 2.58. The van der Waals surface area contributed by atoms with E-state index in [1.54, 1.807) is 22.9 Å². The van der Waals surface area contributed by atoms with Gasteiger partial charge in [-0.1, -0.05) is 23.2 Å². The van der Waals surface area contributed by atoms with Crippen LogP contribution in [0, 0.1) is 6.92 Å². The number of carbonyl (C=O) groups is 2. The van der Waals surface area contributed by atoms with Crippen LogP contribution in [0.2, 0.25) is 10.0 Å². The number of thiazole rings is 1. The van der Waals surface area contributed by atoms with Crippen molar-refractivity contribution in [3.8, 4) is 5.75 Å². The Morgan fingerprint density at radius 1 is 1.17 bits per heavy atom. The van der Waals surface area contributed by atoms with Gasteiger partial charge in [0.1, 0.15) is 5.75 Å². The van der Waals surface area contributed by atoms with Gasteiger partial charge >= 0.3 is 0 Å². The third-order valence-electron chi connectivity index (χ3n) is 4.08. The number of halogens is 2. The fraction of sp³-hybridized carbons (Fsp3) is 0.150. The largest absolute Gasteiger partial charge is 0.545 e. The second-order valence-electron chi connectivity index (χ2n) is 6.03. The molecular formula is C20H15Cl2N2O4S-. The molecule has 0 aliphatic rings. The van der Waals surface area contributed by atoms with Crippen LogP contribution in [-0.4, -0.2) is 23.5 Å². The van der Waals surface area contributed by atoms with E-state index >= 15 is 0 Å². The molecule has 9 heteroatoms. The van der Waals surface area contributed by atoms with E-state index in [1.807, 2.05) is 6.92 Å². The molecular weight excluding hydrogens is 435 g/mol. The Bertz CT molecular complexity index is 1070. The lowest BCUT2D eigenvalue weighted by molar-refractivity contribution is -0.254. The van der Waals surface area contributed by atoms with Crippen LogP contribution in [0.3, 0.4) is 0 Å². The third kappa shape index (κ3) is 5.26. The number of carbonyl (C=O) groups excluding carboxylic acids is 2. The van der Waals surface area contributed by atoms with Crippen molar-refractivity contribution in [1.29, 1.82) is 0 Å². The third-order valence-corrected chi connectivity index (χ3v) is 5.62. The molecule has 0 saturated heterocycles. The molecule has 150 valence electrons. The molecule has 0 radical (unpaired) electrons. The fourth-order valence-corrected chi connectivity index (χ4v) is 3.84. The molecule has 3 rings (SSSR count). The second-order valence-corrected chi connectivity index (χ2v) is 7.82. The Hall–Kier alpha value is -2.61. The smallest absolute Gasteiger partial charge is 0.257 e. The van der Waals surface area contributed by atoms with Gasteiger partial charge in [0.25, 0.3) is 5.91 Å². The number of aryl methyl sites for hydroxylation is 1. The van der Waals surface area contributed by atoms with Crippen molar-refractivity contribution in [2.45, 2.75) is 13.3 Å². The lowest BCUT2D eigenvalue weighted by Crippen LogP contribution is -2.25. The molecule has 0 spiro atoms. The average Bonchev–Trinajstić information content (AvgIpc) is 3.07. The van der Waals surface area contributed by atoms with Gasteiger partial charge in [0, 0.05) is 21.9 Å². The Morgan fingerprint density at radius 3 is 2.62 bits per heavy atom. The molecule has 0 bridgehead atoms. The second kappa shape index (κ2) is 9.26. The summed E-state index contributed by atoms with van der Waals surface area (Å²) in [5, 5.41) is 14.6. The predicted molar refractivity (Wildman–Crippen MR) is 111 cm³/mol. The van der Waals surface area contributed by atoms with E-state index in [-0.39, 0.29) is 21.8 Å². The van der Waals surface area contributed by atoms with Crippen molar-refractivity contribution in [2.24, 2.45) is 0 Å². The quantitative estimate of drug-likeness (QED) is 0.588. The van der Waals surface area contributed by atoms with Gasteiger partial charge in [0.15, 0.2) is 0 Å². The first-order chi connectivity index (χ1) is 13.8. The summed E-state index contributed by atoms with van der Waals surface area (Å²) in [4.78, 5) is 29.3. The maximum absolute atomic E-state index is 12.5. The van der Waals surface area contributed by atoms with Crippen LogP contribution in [0.1, 0.15) is 31.3 Å². The van der Waals surface area contributed by atoms with Crippen LogP contribution < -0.4 is 15.2 Å². The number of amides is 1. The molecule has 0 fully saturated rings. The lowest BCUT2D eigenvalue weighted by atomic mass is 10.1. The lowest BCUT2D eigenvalue weighted by Gasteiger charge is -2.15. The zero-order valence-corrected chi connectivity index (χ0v) is 17.5. The highest BCUT2D eigenvalue weighted by Crippen LogP contribution is 2.25. The number of benzene rings is 2. The number of aromatic carboxylic acids is 1.